The molecule has 1 aliphatic carbocycles. The van der Waals surface area contributed by atoms with Crippen molar-refractivity contribution in [1.29, 1.82) is 5.26 Å². The van der Waals surface area contributed by atoms with Gasteiger partial charge in [-0.25, -0.2) is 13.8 Å². The topological polar surface area (TPSA) is 93.1 Å². The monoisotopic (exact) mass is 428 g/mol. The largest absolute Gasteiger partial charge is 0.384 e. The highest BCUT2D eigenvalue weighted by Gasteiger charge is 2.56. The quantitative estimate of drug-likeness (QED) is 0.667. The van der Waals surface area contributed by atoms with Crippen LogP contribution in [-0.4, -0.2) is 53.2 Å². The number of carbonyl (C=O) groups excluding carboxylic acids is 1. The first kappa shape index (κ1) is 21.2. The maximum Gasteiger partial charge on any atom is 0.245 e. The Bertz CT molecular complexity index is 969. The van der Waals surface area contributed by atoms with Gasteiger partial charge >= 0.3 is 0 Å². The molecule has 4 rings (SSSR count). The second-order valence-corrected chi connectivity index (χ2v) is 8.43. The maximum absolute atomic E-state index is 14.8. The van der Waals surface area contributed by atoms with Gasteiger partial charge in [0.1, 0.15) is 29.3 Å². The highest BCUT2D eigenvalue weighted by molar-refractivity contribution is 5.92. The molecule has 0 aromatic carbocycles. The molecule has 9 heteroatoms. The summed E-state index contributed by atoms with van der Waals surface area (Å²) in [7, 11) is 0. The van der Waals surface area contributed by atoms with Crippen LogP contribution >= 0.6 is 0 Å². The second-order valence-electron chi connectivity index (χ2n) is 8.43. The van der Waals surface area contributed by atoms with E-state index in [-0.39, 0.29) is 30.7 Å². The van der Waals surface area contributed by atoms with Gasteiger partial charge in [-0.15, -0.1) is 0 Å². The lowest BCUT2D eigenvalue weighted by Crippen LogP contribution is -2.62. The number of nitriles is 1. The Balaban J connectivity index is 1.58. The number of carbonyl (C=O) groups is 1. The number of likely N-dealkylation sites (N-methyl/N-ethyl adjacent to an activating group) is 1. The number of hydrogen-bond acceptors (Lipinski definition) is 6. The van der Waals surface area contributed by atoms with Crippen LogP contribution in [0.4, 0.5) is 14.5 Å². The summed E-state index contributed by atoms with van der Waals surface area (Å²) in [6.45, 7) is 4.82. The molecule has 4 atom stereocenters. The van der Waals surface area contributed by atoms with Crippen molar-refractivity contribution in [3.63, 3.8) is 0 Å². The van der Waals surface area contributed by atoms with Gasteiger partial charge in [0.15, 0.2) is 0 Å². The molecule has 3 N–H and O–H groups in total. The summed E-state index contributed by atoms with van der Waals surface area (Å²) >= 11 is 0. The predicted octanol–water partition coefficient (Wildman–Crippen LogP) is 2.36. The van der Waals surface area contributed by atoms with Crippen LogP contribution in [0.3, 0.4) is 0 Å². The molecule has 2 unspecified atom stereocenters. The molecule has 31 heavy (non-hydrogen) atoms. The van der Waals surface area contributed by atoms with Crippen LogP contribution in [0.5, 0.6) is 0 Å². The van der Waals surface area contributed by atoms with Gasteiger partial charge < -0.3 is 16.0 Å². The van der Waals surface area contributed by atoms with E-state index >= 15 is 0 Å². The predicted molar refractivity (Wildman–Crippen MR) is 112 cm³/mol. The fourth-order valence-corrected chi connectivity index (χ4v) is 4.82. The summed E-state index contributed by atoms with van der Waals surface area (Å²) in [5, 5.41) is 18.2. The SMILES string of the molecule is CCNC1=C2NC(=O)C(C)(N3C[C@H](F)C[C@@H](Nc4ccc(C#N)nc4)C3)C2CC(F)=C1. The summed E-state index contributed by atoms with van der Waals surface area (Å²) in [6.07, 6.45) is 2.23. The van der Waals surface area contributed by atoms with Gasteiger partial charge in [-0.3, -0.25) is 9.69 Å². The van der Waals surface area contributed by atoms with E-state index in [9.17, 15) is 13.6 Å². The molecule has 7 nitrogen and oxygen atoms in total. The summed E-state index contributed by atoms with van der Waals surface area (Å²) in [6, 6.07) is 5.03. The zero-order valence-electron chi connectivity index (χ0n) is 17.6. The minimum Gasteiger partial charge on any atom is -0.384 e. The summed E-state index contributed by atoms with van der Waals surface area (Å²) in [4.78, 5) is 19.0. The Hall–Kier alpha value is -2.99. The van der Waals surface area contributed by atoms with Crippen LogP contribution in [0, 0.1) is 17.2 Å². The fraction of sp³-hybridized carbons (Fsp3) is 0.500. The summed E-state index contributed by atoms with van der Waals surface area (Å²) < 4.78 is 29.2. The van der Waals surface area contributed by atoms with Crippen LogP contribution in [0.1, 0.15) is 32.4 Å². The van der Waals surface area contributed by atoms with Crippen molar-refractivity contribution < 1.29 is 13.6 Å². The second kappa shape index (κ2) is 8.27. The molecule has 1 aromatic rings. The molecule has 2 fully saturated rings. The van der Waals surface area contributed by atoms with E-state index in [2.05, 4.69) is 20.9 Å². The van der Waals surface area contributed by atoms with Crippen LogP contribution in [-0.2, 0) is 4.79 Å². The molecular formula is C22H26F2N6O. The van der Waals surface area contributed by atoms with E-state index < -0.39 is 17.6 Å². The highest BCUT2D eigenvalue weighted by Crippen LogP contribution is 2.44. The third-order valence-corrected chi connectivity index (χ3v) is 6.40. The first-order valence-electron chi connectivity index (χ1n) is 10.5. The average Bonchev–Trinajstić information content (AvgIpc) is 3.00. The van der Waals surface area contributed by atoms with E-state index in [1.165, 1.54) is 6.08 Å². The maximum atomic E-state index is 14.8. The Morgan fingerprint density at radius 1 is 1.42 bits per heavy atom. The zero-order valence-corrected chi connectivity index (χ0v) is 17.6. The van der Waals surface area contributed by atoms with Crippen molar-refractivity contribution in [3.05, 3.63) is 47.3 Å². The van der Waals surface area contributed by atoms with Crippen LogP contribution in [0.15, 0.2) is 41.6 Å². The summed E-state index contributed by atoms with van der Waals surface area (Å²) in [5.41, 5.74) is 1.19. The number of allylic oxidation sites excluding steroid dienone is 2. The molecule has 3 aliphatic rings. The van der Waals surface area contributed by atoms with E-state index in [1.54, 1.807) is 25.3 Å². The third-order valence-electron chi connectivity index (χ3n) is 6.40. The Morgan fingerprint density at radius 3 is 2.90 bits per heavy atom. The molecule has 1 amide bonds. The number of hydrogen-bond donors (Lipinski definition) is 3. The van der Waals surface area contributed by atoms with Crippen molar-refractivity contribution in [2.24, 2.45) is 5.92 Å². The first-order valence-corrected chi connectivity index (χ1v) is 10.5. The number of pyridine rings is 1. The number of fused-ring (bicyclic) bond motifs is 1. The first-order chi connectivity index (χ1) is 14.8. The van der Waals surface area contributed by atoms with Crippen molar-refractivity contribution in [1.82, 2.24) is 20.5 Å². The Kier molecular flexibility index (Phi) is 5.67. The average molecular weight is 428 g/mol. The number of anilines is 1. The van der Waals surface area contributed by atoms with Crippen molar-refractivity contribution in [2.75, 3.05) is 25.0 Å². The van der Waals surface area contributed by atoms with Crippen molar-refractivity contribution >= 4 is 11.6 Å². The Morgan fingerprint density at radius 2 is 2.23 bits per heavy atom. The number of piperidine rings is 1. The smallest absolute Gasteiger partial charge is 0.245 e. The Labute approximate surface area is 180 Å². The van der Waals surface area contributed by atoms with Gasteiger partial charge in [0.2, 0.25) is 5.91 Å². The number of amides is 1. The number of alkyl halides is 1. The normalized spacial score (nSPS) is 30.9. The molecule has 1 aromatic heterocycles. The standard InChI is InChI=1S/C22H26F2N6O/c1-3-26-19-8-13(23)7-18-20(19)29-21(31)22(18,2)30-11-14(24)6-17(12-30)28-16-5-4-15(9-25)27-10-16/h4-5,8,10,14,17-18,26,28H,3,6-7,11-12H2,1-2H3,(H,29,31)/t14-,17-,18?,22?/m1/s1. The van der Waals surface area contributed by atoms with Crippen molar-refractivity contribution in [3.8, 4) is 6.07 Å². The molecule has 2 saturated heterocycles. The molecule has 0 radical (unpaired) electrons. The molecule has 3 heterocycles. The van der Waals surface area contributed by atoms with E-state index in [0.717, 1.165) is 0 Å². The van der Waals surface area contributed by atoms with Gasteiger partial charge in [-0.1, -0.05) is 0 Å². The molecular weight excluding hydrogens is 402 g/mol. The summed E-state index contributed by atoms with van der Waals surface area (Å²) in [5.74, 6) is -0.944. The molecule has 0 saturated carbocycles. The van der Waals surface area contributed by atoms with Gasteiger partial charge in [0, 0.05) is 50.1 Å². The lowest BCUT2D eigenvalue weighted by atomic mass is 9.78. The lowest BCUT2D eigenvalue weighted by molar-refractivity contribution is -0.132. The minimum absolute atomic E-state index is 0.102. The molecule has 0 bridgehead atoms. The van der Waals surface area contributed by atoms with Crippen LogP contribution in [0.25, 0.3) is 0 Å². The third kappa shape index (κ3) is 3.88. The van der Waals surface area contributed by atoms with Gasteiger partial charge in [-0.2, -0.15) is 5.26 Å². The number of likely N-dealkylation sites (tertiary alicyclic amines) is 1. The fourth-order valence-electron chi connectivity index (χ4n) is 4.82. The van der Waals surface area contributed by atoms with Gasteiger partial charge in [0.25, 0.3) is 0 Å². The molecule has 0 spiro atoms. The lowest BCUT2D eigenvalue weighted by Gasteiger charge is -2.46. The number of rotatable bonds is 5. The molecule has 164 valence electrons. The number of halogens is 2. The van der Waals surface area contributed by atoms with Gasteiger partial charge in [-0.05, 0) is 32.1 Å². The van der Waals surface area contributed by atoms with Gasteiger partial charge in [0.05, 0.1) is 17.6 Å². The van der Waals surface area contributed by atoms with E-state index in [1.807, 2.05) is 17.9 Å². The number of aromatic nitrogens is 1. The number of nitrogens with one attached hydrogen (secondary N) is 3. The highest BCUT2D eigenvalue weighted by atomic mass is 19.1. The van der Waals surface area contributed by atoms with Crippen LogP contribution in [0.2, 0.25) is 0 Å². The van der Waals surface area contributed by atoms with Crippen molar-refractivity contribution in [2.45, 2.75) is 44.4 Å². The minimum atomic E-state index is -1.13. The van der Waals surface area contributed by atoms with E-state index in [4.69, 9.17) is 5.26 Å². The number of nitrogens with zero attached hydrogens (tertiary/aromatic N) is 3. The van der Waals surface area contributed by atoms with Crippen LogP contribution < -0.4 is 16.0 Å². The zero-order chi connectivity index (χ0) is 22.2. The van der Waals surface area contributed by atoms with E-state index in [0.29, 0.717) is 42.3 Å². The molecule has 2 aliphatic heterocycles.